The molecule has 0 aliphatic carbocycles. The molecule has 2 aromatic rings. The highest BCUT2D eigenvalue weighted by Gasteiger charge is 2.25. The second-order valence-corrected chi connectivity index (χ2v) is 6.63. The van der Waals surface area contributed by atoms with Gasteiger partial charge in [-0.1, -0.05) is 0 Å². The highest BCUT2D eigenvalue weighted by Crippen LogP contribution is 2.34. The Morgan fingerprint density at radius 2 is 2.29 bits per heavy atom. The van der Waals surface area contributed by atoms with Crippen molar-refractivity contribution in [3.8, 4) is 5.75 Å². The number of benzene rings is 1. The second kappa shape index (κ2) is 5.38. The van der Waals surface area contributed by atoms with Crippen molar-refractivity contribution in [3.05, 3.63) is 35.7 Å². The number of nitrogens with one attached hydrogen (secondary N) is 2. The summed E-state index contributed by atoms with van der Waals surface area (Å²) in [6.07, 6.45) is 4.82. The summed E-state index contributed by atoms with van der Waals surface area (Å²) in [5.74, 6) is 0.412. The SMILES string of the molecule is Nc1cc2c(c(S(=O)(=O)NCc3cn[nH]c3)c1)OCCC2. The van der Waals surface area contributed by atoms with Gasteiger partial charge in [-0.2, -0.15) is 5.10 Å². The fourth-order valence-corrected chi connectivity index (χ4v) is 3.54. The summed E-state index contributed by atoms with van der Waals surface area (Å²) in [5.41, 5.74) is 7.81. The first-order valence-corrected chi connectivity index (χ1v) is 8.07. The van der Waals surface area contributed by atoms with Crippen molar-refractivity contribution in [2.45, 2.75) is 24.3 Å². The van der Waals surface area contributed by atoms with Crippen LogP contribution in [0.3, 0.4) is 0 Å². The van der Waals surface area contributed by atoms with Gasteiger partial charge >= 0.3 is 0 Å². The third-order valence-electron chi connectivity index (χ3n) is 3.30. The number of H-pyrrole nitrogens is 1. The molecular formula is C13H16N4O3S. The van der Waals surface area contributed by atoms with Crippen LogP contribution in [-0.4, -0.2) is 25.2 Å². The maximum atomic E-state index is 12.5. The summed E-state index contributed by atoms with van der Waals surface area (Å²) in [6, 6.07) is 3.20. The Kier molecular flexibility index (Phi) is 3.56. The molecule has 1 aliphatic rings. The second-order valence-electron chi connectivity index (χ2n) is 4.89. The van der Waals surface area contributed by atoms with Gasteiger partial charge in [0.2, 0.25) is 10.0 Å². The number of ether oxygens (including phenoxy) is 1. The van der Waals surface area contributed by atoms with Crippen molar-refractivity contribution >= 4 is 15.7 Å². The first-order chi connectivity index (χ1) is 10.1. The molecule has 2 heterocycles. The van der Waals surface area contributed by atoms with Crippen LogP contribution in [0.25, 0.3) is 0 Å². The molecule has 4 N–H and O–H groups in total. The summed E-state index contributed by atoms with van der Waals surface area (Å²) in [6.45, 7) is 0.670. The monoisotopic (exact) mass is 308 g/mol. The van der Waals surface area contributed by atoms with Crippen LogP contribution < -0.4 is 15.2 Å². The maximum Gasteiger partial charge on any atom is 0.244 e. The minimum atomic E-state index is -3.70. The third kappa shape index (κ3) is 2.86. The van der Waals surface area contributed by atoms with Gasteiger partial charge in [0.15, 0.2) is 0 Å². The molecule has 1 aromatic carbocycles. The summed E-state index contributed by atoms with van der Waals surface area (Å²) in [4.78, 5) is 0.0979. The van der Waals surface area contributed by atoms with Crippen LogP contribution in [0.4, 0.5) is 5.69 Å². The predicted octanol–water partition coefficient (Wildman–Crippen LogP) is 0.795. The van der Waals surface area contributed by atoms with Gasteiger partial charge in [-0.25, -0.2) is 13.1 Å². The Bertz CT molecular complexity index is 741. The van der Waals surface area contributed by atoms with Crippen molar-refractivity contribution in [2.24, 2.45) is 0 Å². The van der Waals surface area contributed by atoms with E-state index in [0.29, 0.717) is 18.0 Å². The molecule has 0 unspecified atom stereocenters. The molecule has 1 aliphatic heterocycles. The van der Waals surface area contributed by atoms with Gasteiger partial charge in [0.05, 0.1) is 12.8 Å². The number of aromatic amines is 1. The molecule has 0 radical (unpaired) electrons. The van der Waals surface area contributed by atoms with Gasteiger partial charge in [-0.05, 0) is 30.5 Å². The van der Waals surface area contributed by atoms with Crippen molar-refractivity contribution in [1.82, 2.24) is 14.9 Å². The van der Waals surface area contributed by atoms with E-state index in [1.807, 2.05) is 0 Å². The molecular weight excluding hydrogens is 292 g/mol. The molecule has 0 amide bonds. The van der Waals surface area contributed by atoms with Crippen LogP contribution in [0.1, 0.15) is 17.5 Å². The smallest absolute Gasteiger partial charge is 0.244 e. The van der Waals surface area contributed by atoms with Gasteiger partial charge in [0.25, 0.3) is 0 Å². The minimum absolute atomic E-state index is 0.0979. The summed E-state index contributed by atoms with van der Waals surface area (Å²) < 4.78 is 33.0. The summed E-state index contributed by atoms with van der Waals surface area (Å²) in [7, 11) is -3.70. The average molecular weight is 308 g/mol. The van der Waals surface area contributed by atoms with E-state index in [0.717, 1.165) is 24.0 Å². The lowest BCUT2D eigenvalue weighted by Gasteiger charge is -2.21. The van der Waals surface area contributed by atoms with E-state index in [2.05, 4.69) is 14.9 Å². The zero-order valence-electron chi connectivity index (χ0n) is 11.3. The fraction of sp³-hybridized carbons (Fsp3) is 0.308. The van der Waals surface area contributed by atoms with Gasteiger partial charge in [0.1, 0.15) is 10.6 Å². The van der Waals surface area contributed by atoms with Gasteiger partial charge in [-0.15, -0.1) is 0 Å². The number of sulfonamides is 1. The number of nitrogen functional groups attached to an aromatic ring is 1. The number of anilines is 1. The molecule has 0 spiro atoms. The normalized spacial score (nSPS) is 14.5. The molecule has 0 bridgehead atoms. The molecule has 0 atom stereocenters. The maximum absolute atomic E-state index is 12.5. The van der Waals surface area contributed by atoms with Crippen LogP contribution in [-0.2, 0) is 23.0 Å². The molecule has 21 heavy (non-hydrogen) atoms. The zero-order chi connectivity index (χ0) is 14.9. The molecule has 7 nitrogen and oxygen atoms in total. The minimum Gasteiger partial charge on any atom is -0.492 e. The Morgan fingerprint density at radius 1 is 1.43 bits per heavy atom. The number of hydrogen-bond donors (Lipinski definition) is 3. The molecule has 3 rings (SSSR count). The van der Waals surface area contributed by atoms with E-state index < -0.39 is 10.0 Å². The van der Waals surface area contributed by atoms with Gasteiger partial charge < -0.3 is 10.5 Å². The number of nitrogens with zero attached hydrogens (tertiary/aromatic N) is 1. The van der Waals surface area contributed by atoms with Crippen LogP contribution in [0.2, 0.25) is 0 Å². The van der Waals surface area contributed by atoms with Crippen LogP contribution in [0.15, 0.2) is 29.4 Å². The van der Waals surface area contributed by atoms with Crippen molar-refractivity contribution < 1.29 is 13.2 Å². The van der Waals surface area contributed by atoms with E-state index in [-0.39, 0.29) is 11.4 Å². The van der Waals surface area contributed by atoms with E-state index in [4.69, 9.17) is 10.5 Å². The number of nitrogens with two attached hydrogens (primary N) is 1. The lowest BCUT2D eigenvalue weighted by Crippen LogP contribution is -2.25. The largest absolute Gasteiger partial charge is 0.492 e. The standard InChI is InChI=1S/C13H16N4O3S/c14-11-4-10-2-1-3-20-13(10)12(5-11)21(18,19)17-8-9-6-15-16-7-9/h4-7,17H,1-3,8,14H2,(H,15,16). The van der Waals surface area contributed by atoms with Crippen molar-refractivity contribution in [2.75, 3.05) is 12.3 Å². The molecule has 0 saturated heterocycles. The molecule has 8 heteroatoms. The third-order valence-corrected chi connectivity index (χ3v) is 4.71. The molecule has 1 aromatic heterocycles. The van der Waals surface area contributed by atoms with Gasteiger partial charge in [-0.3, -0.25) is 5.10 Å². The number of hydrogen-bond acceptors (Lipinski definition) is 5. The van der Waals surface area contributed by atoms with Crippen LogP contribution in [0, 0.1) is 0 Å². The highest BCUT2D eigenvalue weighted by molar-refractivity contribution is 7.89. The Morgan fingerprint density at radius 3 is 3.05 bits per heavy atom. The first kappa shape index (κ1) is 13.9. The van der Waals surface area contributed by atoms with E-state index in [1.165, 1.54) is 6.07 Å². The fourth-order valence-electron chi connectivity index (χ4n) is 2.30. The molecule has 112 valence electrons. The number of aryl methyl sites for hydroxylation is 1. The lowest BCUT2D eigenvalue weighted by atomic mass is 10.1. The summed E-state index contributed by atoms with van der Waals surface area (Å²) >= 11 is 0. The number of aromatic nitrogens is 2. The van der Waals surface area contributed by atoms with E-state index in [1.54, 1.807) is 18.5 Å². The molecule has 0 saturated carbocycles. The average Bonchev–Trinajstić information content (AvgIpc) is 2.97. The zero-order valence-corrected chi connectivity index (χ0v) is 12.1. The summed E-state index contributed by atoms with van der Waals surface area (Å²) in [5, 5.41) is 6.41. The number of fused-ring (bicyclic) bond motifs is 1. The lowest BCUT2D eigenvalue weighted by molar-refractivity contribution is 0.280. The Balaban J connectivity index is 1.93. The quantitative estimate of drug-likeness (QED) is 0.723. The first-order valence-electron chi connectivity index (χ1n) is 6.59. The molecule has 0 fully saturated rings. The van der Waals surface area contributed by atoms with Gasteiger partial charge in [0, 0.05) is 24.0 Å². The van der Waals surface area contributed by atoms with Crippen LogP contribution in [0.5, 0.6) is 5.75 Å². The Labute approximate surface area is 122 Å². The highest BCUT2D eigenvalue weighted by atomic mass is 32.2. The van der Waals surface area contributed by atoms with Crippen molar-refractivity contribution in [3.63, 3.8) is 0 Å². The number of rotatable bonds is 4. The van der Waals surface area contributed by atoms with Crippen LogP contribution >= 0.6 is 0 Å². The van der Waals surface area contributed by atoms with Crippen molar-refractivity contribution in [1.29, 1.82) is 0 Å². The Hall–Kier alpha value is -2.06. The topological polar surface area (TPSA) is 110 Å². The van der Waals surface area contributed by atoms with E-state index >= 15 is 0 Å². The predicted molar refractivity (Wildman–Crippen MR) is 77.3 cm³/mol. The van der Waals surface area contributed by atoms with E-state index in [9.17, 15) is 8.42 Å².